The number of rotatable bonds is 8. The molecule has 0 heterocycles. The van der Waals surface area contributed by atoms with Crippen molar-refractivity contribution in [3.63, 3.8) is 0 Å². The van der Waals surface area contributed by atoms with E-state index in [1.807, 2.05) is 0 Å². The molecule has 1 unspecified atom stereocenters. The second-order valence-corrected chi connectivity index (χ2v) is 5.74. The van der Waals surface area contributed by atoms with Crippen LogP contribution in [0.1, 0.15) is 0 Å². The minimum Gasteiger partial charge on any atom is -0.480 e. The fourth-order valence-electron chi connectivity index (χ4n) is 1.32. The number of amides is 2. The smallest absolute Gasteiger partial charge is 0.327 e. The van der Waals surface area contributed by atoms with E-state index in [-0.39, 0.29) is 17.4 Å². The standard InChI is InChI=1S/C12H12Cl2N2O4S/c13-7-1-2-8(14)9(3-7)16-11(18)5-21-4-10(12(19)20)15-6-17/h1-3,6,10H,4-5H2,(H,15,17)(H,16,18)(H,19,20). The van der Waals surface area contributed by atoms with E-state index in [1.165, 1.54) is 6.07 Å². The number of benzene rings is 1. The number of carboxylic acid groups (broad SMARTS) is 1. The van der Waals surface area contributed by atoms with E-state index in [9.17, 15) is 14.4 Å². The number of aliphatic carboxylic acids is 1. The summed E-state index contributed by atoms with van der Waals surface area (Å²) in [5.74, 6) is -1.41. The number of carboxylic acids is 1. The second kappa shape index (κ2) is 8.76. The van der Waals surface area contributed by atoms with Gasteiger partial charge in [-0.05, 0) is 18.2 Å². The van der Waals surface area contributed by atoms with Crippen molar-refractivity contribution in [3.8, 4) is 0 Å². The molecule has 0 spiro atoms. The van der Waals surface area contributed by atoms with Crippen molar-refractivity contribution in [1.82, 2.24) is 5.32 Å². The van der Waals surface area contributed by atoms with Gasteiger partial charge in [-0.2, -0.15) is 0 Å². The summed E-state index contributed by atoms with van der Waals surface area (Å²) in [7, 11) is 0. The Kier molecular flexibility index (Phi) is 7.35. The van der Waals surface area contributed by atoms with E-state index >= 15 is 0 Å². The normalized spacial score (nSPS) is 11.5. The van der Waals surface area contributed by atoms with E-state index in [0.29, 0.717) is 22.1 Å². The number of anilines is 1. The van der Waals surface area contributed by atoms with Gasteiger partial charge in [0.05, 0.1) is 16.5 Å². The van der Waals surface area contributed by atoms with Gasteiger partial charge in [-0.3, -0.25) is 9.59 Å². The van der Waals surface area contributed by atoms with Crippen molar-refractivity contribution in [1.29, 1.82) is 0 Å². The third kappa shape index (κ3) is 6.24. The molecule has 2 amide bonds. The third-order valence-corrected chi connectivity index (χ3v) is 3.89. The highest BCUT2D eigenvalue weighted by Gasteiger charge is 2.16. The van der Waals surface area contributed by atoms with Gasteiger partial charge >= 0.3 is 5.97 Å². The second-order valence-electron chi connectivity index (χ2n) is 3.86. The fourth-order valence-corrected chi connectivity index (χ4v) is 2.51. The molecular weight excluding hydrogens is 339 g/mol. The van der Waals surface area contributed by atoms with E-state index in [4.69, 9.17) is 28.3 Å². The van der Waals surface area contributed by atoms with Crippen molar-refractivity contribution in [2.24, 2.45) is 0 Å². The summed E-state index contributed by atoms with van der Waals surface area (Å²) in [5.41, 5.74) is 0.385. The molecule has 3 N–H and O–H groups in total. The molecule has 6 nitrogen and oxygen atoms in total. The molecule has 0 bridgehead atoms. The van der Waals surface area contributed by atoms with Crippen LogP contribution in [-0.2, 0) is 14.4 Å². The lowest BCUT2D eigenvalue weighted by atomic mass is 10.3. The van der Waals surface area contributed by atoms with Crippen LogP contribution < -0.4 is 10.6 Å². The summed E-state index contributed by atoms with van der Waals surface area (Å²) < 4.78 is 0. The van der Waals surface area contributed by atoms with Crippen LogP contribution in [0.3, 0.4) is 0 Å². The van der Waals surface area contributed by atoms with E-state index in [1.54, 1.807) is 12.1 Å². The topological polar surface area (TPSA) is 95.5 Å². The van der Waals surface area contributed by atoms with Gasteiger partial charge in [0.2, 0.25) is 12.3 Å². The number of carbonyl (C=O) groups excluding carboxylic acids is 2. The average molecular weight is 351 g/mol. The summed E-state index contributed by atoms with van der Waals surface area (Å²) in [6, 6.07) is 3.63. The summed E-state index contributed by atoms with van der Waals surface area (Å²) in [5, 5.41) is 14.3. The minimum atomic E-state index is -1.16. The van der Waals surface area contributed by atoms with Gasteiger partial charge in [0.25, 0.3) is 0 Å². The Morgan fingerprint density at radius 3 is 2.71 bits per heavy atom. The number of halogens is 2. The first-order valence-electron chi connectivity index (χ1n) is 5.69. The van der Waals surface area contributed by atoms with Gasteiger partial charge in [0.1, 0.15) is 6.04 Å². The third-order valence-electron chi connectivity index (χ3n) is 2.29. The maximum atomic E-state index is 11.7. The molecule has 0 aliphatic carbocycles. The predicted octanol–water partition coefficient (Wildman–Crippen LogP) is 1.86. The lowest BCUT2D eigenvalue weighted by molar-refractivity contribution is -0.139. The number of thioether (sulfide) groups is 1. The van der Waals surface area contributed by atoms with Gasteiger partial charge in [-0.15, -0.1) is 11.8 Å². The van der Waals surface area contributed by atoms with Crippen LogP contribution in [0, 0.1) is 0 Å². The van der Waals surface area contributed by atoms with Crippen LogP contribution in [0.5, 0.6) is 0 Å². The van der Waals surface area contributed by atoms with E-state index in [2.05, 4.69) is 10.6 Å². The fraction of sp³-hybridized carbons (Fsp3) is 0.250. The van der Waals surface area contributed by atoms with Crippen LogP contribution in [0.15, 0.2) is 18.2 Å². The largest absolute Gasteiger partial charge is 0.480 e. The monoisotopic (exact) mass is 350 g/mol. The van der Waals surface area contributed by atoms with Gasteiger partial charge in [-0.1, -0.05) is 23.2 Å². The number of hydrogen-bond acceptors (Lipinski definition) is 4. The Balaban J connectivity index is 2.45. The van der Waals surface area contributed by atoms with Gasteiger partial charge in [0.15, 0.2) is 0 Å². The van der Waals surface area contributed by atoms with Crippen LogP contribution in [-0.4, -0.2) is 40.9 Å². The molecule has 0 aliphatic heterocycles. The maximum Gasteiger partial charge on any atom is 0.327 e. The molecule has 0 aromatic heterocycles. The molecule has 1 aromatic carbocycles. The zero-order valence-electron chi connectivity index (χ0n) is 10.6. The number of hydrogen-bond donors (Lipinski definition) is 3. The molecule has 0 aliphatic rings. The summed E-state index contributed by atoms with van der Waals surface area (Å²) in [6.45, 7) is 0. The average Bonchev–Trinajstić information content (AvgIpc) is 2.41. The Bertz CT molecular complexity index is 542. The van der Waals surface area contributed by atoms with Crippen LogP contribution in [0.2, 0.25) is 10.0 Å². The minimum absolute atomic E-state index is 0.0210. The molecule has 1 aromatic rings. The molecule has 1 atom stereocenters. The van der Waals surface area contributed by atoms with Crippen LogP contribution >= 0.6 is 35.0 Å². The van der Waals surface area contributed by atoms with Crippen LogP contribution in [0.25, 0.3) is 0 Å². The molecule has 114 valence electrons. The van der Waals surface area contributed by atoms with Crippen molar-refractivity contribution in [2.75, 3.05) is 16.8 Å². The van der Waals surface area contributed by atoms with E-state index < -0.39 is 12.0 Å². The van der Waals surface area contributed by atoms with Crippen molar-refractivity contribution in [3.05, 3.63) is 28.2 Å². The maximum absolute atomic E-state index is 11.7. The zero-order chi connectivity index (χ0) is 15.8. The van der Waals surface area contributed by atoms with Crippen molar-refractivity contribution >= 4 is 58.9 Å². The summed E-state index contributed by atoms with van der Waals surface area (Å²) >= 11 is 12.8. The molecule has 0 saturated carbocycles. The number of nitrogens with one attached hydrogen (secondary N) is 2. The highest BCUT2D eigenvalue weighted by Crippen LogP contribution is 2.25. The first kappa shape index (κ1) is 17.6. The Labute approximate surface area is 135 Å². The quantitative estimate of drug-likeness (QED) is 0.622. The van der Waals surface area contributed by atoms with Gasteiger partial charge in [0, 0.05) is 10.8 Å². The first-order valence-corrected chi connectivity index (χ1v) is 7.60. The molecule has 0 radical (unpaired) electrons. The molecule has 0 fully saturated rings. The Morgan fingerprint density at radius 1 is 1.38 bits per heavy atom. The Hall–Kier alpha value is -1.44. The van der Waals surface area contributed by atoms with Crippen LogP contribution in [0.4, 0.5) is 5.69 Å². The van der Waals surface area contributed by atoms with Gasteiger partial charge in [-0.25, -0.2) is 4.79 Å². The SMILES string of the molecule is O=CNC(CSCC(=O)Nc1cc(Cl)ccc1Cl)C(=O)O. The lowest BCUT2D eigenvalue weighted by Gasteiger charge is -2.11. The first-order chi connectivity index (χ1) is 9.93. The predicted molar refractivity (Wildman–Crippen MR) is 83.0 cm³/mol. The molecule has 9 heteroatoms. The van der Waals surface area contributed by atoms with Crippen molar-refractivity contribution in [2.45, 2.75) is 6.04 Å². The summed E-state index contributed by atoms with van der Waals surface area (Å²) in [6.07, 6.45) is 0.311. The molecule has 1 rings (SSSR count). The molecule has 21 heavy (non-hydrogen) atoms. The van der Waals surface area contributed by atoms with Crippen molar-refractivity contribution < 1.29 is 19.5 Å². The zero-order valence-corrected chi connectivity index (χ0v) is 13.0. The molecular formula is C12H12Cl2N2O4S. The molecule has 0 saturated heterocycles. The lowest BCUT2D eigenvalue weighted by Crippen LogP contribution is -2.38. The van der Waals surface area contributed by atoms with E-state index in [0.717, 1.165) is 11.8 Å². The highest BCUT2D eigenvalue weighted by molar-refractivity contribution is 8.00. The highest BCUT2D eigenvalue weighted by atomic mass is 35.5. The number of carbonyl (C=O) groups is 3. The Morgan fingerprint density at radius 2 is 2.10 bits per heavy atom. The summed E-state index contributed by atoms with van der Waals surface area (Å²) in [4.78, 5) is 32.7. The van der Waals surface area contributed by atoms with Gasteiger partial charge < -0.3 is 15.7 Å².